The highest BCUT2D eigenvalue weighted by Gasteiger charge is 2.39. The number of nitrogens with zero attached hydrogens (tertiary/aromatic N) is 3. The van der Waals surface area contributed by atoms with Gasteiger partial charge in [0.2, 0.25) is 5.91 Å². The number of hydrogen-bond acceptors (Lipinski definition) is 7. The van der Waals surface area contributed by atoms with E-state index in [-0.39, 0.29) is 23.2 Å². The van der Waals surface area contributed by atoms with Gasteiger partial charge >= 0.3 is 0 Å². The zero-order chi connectivity index (χ0) is 27.4. The zero-order valence-electron chi connectivity index (χ0n) is 21.4. The van der Waals surface area contributed by atoms with E-state index in [4.69, 9.17) is 4.74 Å². The van der Waals surface area contributed by atoms with E-state index in [0.717, 1.165) is 0 Å². The summed E-state index contributed by atoms with van der Waals surface area (Å²) < 4.78 is 18.7. The van der Waals surface area contributed by atoms with Crippen LogP contribution in [0.4, 0.5) is 10.2 Å². The number of anilines is 1. The third-order valence-electron chi connectivity index (χ3n) is 6.54. The fourth-order valence-electron chi connectivity index (χ4n) is 4.38. The third-order valence-corrected chi connectivity index (χ3v) is 6.54. The van der Waals surface area contributed by atoms with E-state index in [9.17, 15) is 23.9 Å². The molecular formula is C27H30FN5O5. The molecule has 3 aromatic rings. The second-order valence-electron chi connectivity index (χ2n) is 9.74. The molecule has 0 radical (unpaired) electrons. The first-order valence-corrected chi connectivity index (χ1v) is 12.2. The Morgan fingerprint density at radius 3 is 2.53 bits per heavy atom. The number of nitrogens with one attached hydrogen (secondary N) is 2. The number of halogens is 1. The van der Waals surface area contributed by atoms with Gasteiger partial charge in [-0.25, -0.2) is 9.37 Å². The van der Waals surface area contributed by atoms with Crippen molar-refractivity contribution in [3.05, 3.63) is 82.2 Å². The molecule has 0 spiro atoms. The monoisotopic (exact) mass is 523 g/mol. The highest BCUT2D eigenvalue weighted by atomic mass is 19.1. The number of ether oxygens (including phenoxy) is 1. The van der Waals surface area contributed by atoms with E-state index in [0.29, 0.717) is 42.5 Å². The van der Waals surface area contributed by atoms with Crippen molar-refractivity contribution >= 4 is 17.6 Å². The summed E-state index contributed by atoms with van der Waals surface area (Å²) in [5, 5.41) is 12.2. The van der Waals surface area contributed by atoms with Gasteiger partial charge < -0.3 is 25.0 Å². The van der Waals surface area contributed by atoms with Gasteiger partial charge in [0, 0.05) is 31.4 Å². The molecule has 1 atom stereocenters. The van der Waals surface area contributed by atoms with Crippen LogP contribution in [0.2, 0.25) is 0 Å². The van der Waals surface area contributed by atoms with Crippen LogP contribution >= 0.6 is 0 Å². The predicted octanol–water partition coefficient (Wildman–Crippen LogP) is 2.76. The number of carbonyl (C=O) groups excluding carboxylic acids is 2. The molecule has 11 heteroatoms. The molecule has 2 aromatic heterocycles. The quantitative estimate of drug-likeness (QED) is 0.435. The number of carbonyl (C=O) groups is 2. The largest absolute Gasteiger partial charge is 0.456 e. The number of piperazine rings is 1. The Morgan fingerprint density at radius 2 is 1.89 bits per heavy atom. The number of aliphatic hydroxyl groups is 1. The van der Waals surface area contributed by atoms with E-state index < -0.39 is 23.7 Å². The fraction of sp³-hybridized carbons (Fsp3) is 0.333. The van der Waals surface area contributed by atoms with Gasteiger partial charge in [-0.15, -0.1) is 0 Å². The molecule has 2 amide bonds. The Bertz CT molecular complexity index is 1360. The Kier molecular flexibility index (Phi) is 7.88. The maximum absolute atomic E-state index is 13.2. The summed E-state index contributed by atoms with van der Waals surface area (Å²) in [5.74, 6) is 0.411. The molecule has 38 heavy (non-hydrogen) atoms. The maximum atomic E-state index is 13.2. The van der Waals surface area contributed by atoms with E-state index in [1.54, 1.807) is 24.0 Å². The van der Waals surface area contributed by atoms with Crippen molar-refractivity contribution in [3.63, 3.8) is 0 Å². The smallest absolute Gasteiger partial charge is 0.255 e. The summed E-state index contributed by atoms with van der Waals surface area (Å²) in [5.41, 5.74) is -0.616. The van der Waals surface area contributed by atoms with Gasteiger partial charge in [-0.3, -0.25) is 19.3 Å². The SMILES string of the molecule is C[C@@H](C(=O)Nc1ccc(Oc2ccc(F)cc2)cn1)N1CCN(C(=O)c2c[nH]c(=O)c(CO)c2)C(C)(C)C1. The molecule has 0 unspecified atom stereocenters. The minimum absolute atomic E-state index is 0.126. The van der Waals surface area contributed by atoms with Crippen molar-refractivity contribution in [1.82, 2.24) is 19.8 Å². The van der Waals surface area contributed by atoms with Crippen LogP contribution in [0, 0.1) is 5.82 Å². The number of amides is 2. The lowest BCUT2D eigenvalue weighted by atomic mass is 9.96. The summed E-state index contributed by atoms with van der Waals surface area (Å²) in [6, 6.07) is 9.81. The van der Waals surface area contributed by atoms with Gasteiger partial charge in [0.15, 0.2) is 0 Å². The van der Waals surface area contributed by atoms with Gasteiger partial charge in [0.05, 0.1) is 29.9 Å². The molecule has 3 heterocycles. The number of rotatable bonds is 7. The molecule has 1 aliphatic heterocycles. The van der Waals surface area contributed by atoms with Gasteiger partial charge in [0.1, 0.15) is 23.1 Å². The van der Waals surface area contributed by atoms with Crippen LogP contribution in [0.25, 0.3) is 0 Å². The van der Waals surface area contributed by atoms with Crippen molar-refractivity contribution in [3.8, 4) is 11.5 Å². The number of aromatic amines is 1. The second kappa shape index (κ2) is 11.1. The van der Waals surface area contributed by atoms with Crippen LogP contribution < -0.4 is 15.6 Å². The molecule has 0 bridgehead atoms. The van der Waals surface area contributed by atoms with Crippen molar-refractivity contribution in [2.45, 2.75) is 39.0 Å². The minimum atomic E-state index is -0.600. The lowest BCUT2D eigenvalue weighted by molar-refractivity contribution is -0.122. The van der Waals surface area contributed by atoms with Crippen LogP contribution in [0.15, 0.2) is 59.7 Å². The highest BCUT2D eigenvalue weighted by molar-refractivity contribution is 5.95. The maximum Gasteiger partial charge on any atom is 0.255 e. The molecule has 10 nitrogen and oxygen atoms in total. The molecule has 0 saturated carbocycles. The van der Waals surface area contributed by atoms with Gasteiger partial charge in [-0.05, 0) is 63.2 Å². The normalized spacial score (nSPS) is 16.1. The number of hydrogen-bond donors (Lipinski definition) is 3. The van der Waals surface area contributed by atoms with Crippen molar-refractivity contribution in [2.75, 3.05) is 25.0 Å². The summed E-state index contributed by atoms with van der Waals surface area (Å²) in [6.07, 6.45) is 2.82. The molecule has 1 saturated heterocycles. The minimum Gasteiger partial charge on any atom is -0.456 e. The number of H-pyrrole nitrogens is 1. The number of aliphatic hydroxyl groups excluding tert-OH is 1. The lowest BCUT2D eigenvalue weighted by Gasteiger charge is -2.48. The average Bonchev–Trinajstić information content (AvgIpc) is 2.90. The van der Waals surface area contributed by atoms with Gasteiger partial charge in [0.25, 0.3) is 11.5 Å². The zero-order valence-corrected chi connectivity index (χ0v) is 21.4. The van der Waals surface area contributed by atoms with E-state index >= 15 is 0 Å². The van der Waals surface area contributed by atoms with E-state index in [2.05, 4.69) is 15.3 Å². The summed E-state index contributed by atoms with van der Waals surface area (Å²) >= 11 is 0. The van der Waals surface area contributed by atoms with Crippen molar-refractivity contribution in [2.24, 2.45) is 0 Å². The highest BCUT2D eigenvalue weighted by Crippen LogP contribution is 2.25. The van der Waals surface area contributed by atoms with Crippen LogP contribution in [0.1, 0.15) is 36.7 Å². The average molecular weight is 524 g/mol. The van der Waals surface area contributed by atoms with Crippen molar-refractivity contribution in [1.29, 1.82) is 0 Å². The summed E-state index contributed by atoms with van der Waals surface area (Å²) in [6.45, 7) is 6.47. The Hall–Kier alpha value is -4.09. The molecule has 1 fully saturated rings. The van der Waals surface area contributed by atoms with Crippen molar-refractivity contribution < 1.29 is 23.8 Å². The molecule has 1 aromatic carbocycles. The summed E-state index contributed by atoms with van der Waals surface area (Å²) in [4.78, 5) is 48.3. The molecule has 4 rings (SSSR count). The first kappa shape index (κ1) is 27.0. The van der Waals surface area contributed by atoms with Gasteiger partial charge in [-0.2, -0.15) is 0 Å². The van der Waals surface area contributed by atoms with Crippen LogP contribution in [0.3, 0.4) is 0 Å². The number of pyridine rings is 2. The lowest BCUT2D eigenvalue weighted by Crippen LogP contribution is -2.63. The first-order valence-electron chi connectivity index (χ1n) is 12.2. The topological polar surface area (TPSA) is 128 Å². The molecular weight excluding hydrogens is 493 g/mol. The van der Waals surface area contributed by atoms with E-state index in [1.807, 2.05) is 18.7 Å². The Morgan fingerprint density at radius 1 is 1.18 bits per heavy atom. The molecule has 0 aliphatic carbocycles. The number of benzene rings is 1. The fourth-order valence-corrected chi connectivity index (χ4v) is 4.38. The second-order valence-corrected chi connectivity index (χ2v) is 9.74. The van der Waals surface area contributed by atoms with Crippen LogP contribution in [-0.4, -0.2) is 67.9 Å². The third kappa shape index (κ3) is 6.06. The number of aromatic nitrogens is 2. The Labute approximate surface area is 219 Å². The Balaban J connectivity index is 1.36. The molecule has 3 N–H and O–H groups in total. The summed E-state index contributed by atoms with van der Waals surface area (Å²) in [7, 11) is 0. The molecule has 1 aliphatic rings. The standard InChI is InChI=1S/C27H30FN5O5/c1-17(24(35)31-23-9-8-22(14-29-23)38-21-6-4-20(28)5-7-21)32-10-11-33(27(2,3)16-32)26(37)18-12-19(15-34)25(36)30-13-18/h4-9,12-14,17,34H,10-11,15-16H2,1-3H3,(H,30,36)(H,29,31,35)/t17-/m0/s1. The predicted molar refractivity (Wildman–Crippen MR) is 138 cm³/mol. The molecule has 200 valence electrons. The van der Waals surface area contributed by atoms with Crippen LogP contribution in [-0.2, 0) is 11.4 Å². The first-order chi connectivity index (χ1) is 18.1. The van der Waals surface area contributed by atoms with E-state index in [1.165, 1.54) is 42.7 Å². The van der Waals surface area contributed by atoms with Crippen LogP contribution in [0.5, 0.6) is 11.5 Å². The van der Waals surface area contributed by atoms with Gasteiger partial charge in [-0.1, -0.05) is 0 Å².